The van der Waals surface area contributed by atoms with Gasteiger partial charge >= 0.3 is 0 Å². The van der Waals surface area contributed by atoms with Crippen LogP contribution in [0.25, 0.3) is 0 Å². The minimum absolute atomic E-state index is 0.353. The molecule has 1 N–H and O–H groups in total. The fourth-order valence-electron chi connectivity index (χ4n) is 1.40. The first-order valence-corrected chi connectivity index (χ1v) is 5.09. The van der Waals surface area contributed by atoms with Crippen LogP contribution in [-0.2, 0) is 6.54 Å². The highest BCUT2D eigenvalue weighted by molar-refractivity contribution is 5.55. The zero-order valence-corrected chi connectivity index (χ0v) is 9.56. The number of nitriles is 1. The zero-order valence-electron chi connectivity index (χ0n) is 9.56. The number of hydrogen-bond acceptors (Lipinski definition) is 6. The third kappa shape index (κ3) is 2.39. The predicted molar refractivity (Wildman–Crippen MR) is 60.1 cm³/mol. The molecule has 0 saturated heterocycles. The van der Waals surface area contributed by atoms with Crippen LogP contribution >= 0.6 is 0 Å². The van der Waals surface area contributed by atoms with Crippen molar-refractivity contribution >= 4 is 5.82 Å². The van der Waals surface area contributed by atoms with Gasteiger partial charge in [-0.15, -0.1) is 0 Å². The zero-order chi connectivity index (χ0) is 12.3. The summed E-state index contributed by atoms with van der Waals surface area (Å²) in [6.45, 7) is 3.97. The Morgan fingerprint density at radius 2 is 2.29 bits per heavy atom. The third-order valence-corrected chi connectivity index (χ3v) is 2.25. The van der Waals surface area contributed by atoms with Crippen molar-refractivity contribution in [2.45, 2.75) is 20.4 Å². The van der Waals surface area contributed by atoms with Gasteiger partial charge in [-0.25, -0.2) is 4.98 Å². The summed E-state index contributed by atoms with van der Waals surface area (Å²) in [6, 6.07) is 3.91. The normalized spacial score (nSPS) is 9.94. The number of hydrogen-bond donors (Lipinski definition) is 1. The van der Waals surface area contributed by atoms with Crippen molar-refractivity contribution in [2.24, 2.45) is 0 Å². The Hall–Kier alpha value is -2.42. The highest BCUT2D eigenvalue weighted by Crippen LogP contribution is 2.15. The molecule has 0 atom stereocenters. The number of nitrogens with one attached hydrogen (secondary N) is 1. The molecule has 0 unspecified atom stereocenters. The maximum absolute atomic E-state index is 9.02. The second-order valence-electron chi connectivity index (χ2n) is 3.55. The lowest BCUT2D eigenvalue weighted by Gasteiger charge is -2.05. The molecule has 86 valence electrons. The van der Waals surface area contributed by atoms with Crippen molar-refractivity contribution in [1.82, 2.24) is 15.1 Å². The number of rotatable bonds is 3. The molecule has 0 amide bonds. The molecule has 2 aromatic rings. The maximum atomic E-state index is 9.02. The van der Waals surface area contributed by atoms with Crippen LogP contribution in [0.4, 0.5) is 5.82 Å². The van der Waals surface area contributed by atoms with Crippen LogP contribution in [0.1, 0.15) is 22.8 Å². The highest BCUT2D eigenvalue weighted by atomic mass is 16.5. The number of nitrogens with zero attached hydrogens (tertiary/aromatic N) is 4. The van der Waals surface area contributed by atoms with Gasteiger partial charge in [0.1, 0.15) is 11.9 Å². The van der Waals surface area contributed by atoms with E-state index in [1.807, 2.05) is 6.92 Å². The molecule has 6 nitrogen and oxygen atoms in total. The van der Waals surface area contributed by atoms with E-state index in [4.69, 9.17) is 9.78 Å². The Kier molecular flexibility index (Phi) is 3.01. The van der Waals surface area contributed by atoms with Gasteiger partial charge in [-0.2, -0.15) is 10.2 Å². The third-order valence-electron chi connectivity index (χ3n) is 2.25. The van der Waals surface area contributed by atoms with Crippen LogP contribution in [0.3, 0.4) is 0 Å². The van der Waals surface area contributed by atoms with Gasteiger partial charge in [0, 0.05) is 6.20 Å². The van der Waals surface area contributed by atoms with Gasteiger partial charge in [0.2, 0.25) is 5.89 Å². The van der Waals surface area contributed by atoms with Gasteiger partial charge in [0.25, 0.3) is 0 Å². The first-order chi connectivity index (χ1) is 8.20. The van der Waals surface area contributed by atoms with Crippen LogP contribution in [0.5, 0.6) is 0 Å². The molecule has 0 aliphatic carbocycles. The van der Waals surface area contributed by atoms with Gasteiger partial charge in [0.05, 0.1) is 12.1 Å². The topological polar surface area (TPSA) is 87.6 Å². The highest BCUT2D eigenvalue weighted by Gasteiger charge is 2.08. The second-order valence-corrected chi connectivity index (χ2v) is 3.55. The fourth-order valence-corrected chi connectivity index (χ4v) is 1.40. The van der Waals surface area contributed by atoms with Gasteiger partial charge in [-0.05, 0) is 25.5 Å². The van der Waals surface area contributed by atoms with Gasteiger partial charge in [0.15, 0.2) is 5.82 Å². The number of aromatic nitrogens is 3. The van der Waals surface area contributed by atoms with Crippen molar-refractivity contribution in [3.8, 4) is 6.07 Å². The molecule has 0 aliphatic heterocycles. The van der Waals surface area contributed by atoms with E-state index < -0.39 is 0 Å². The molecule has 0 fully saturated rings. The summed E-state index contributed by atoms with van der Waals surface area (Å²) in [5, 5.41) is 15.7. The summed E-state index contributed by atoms with van der Waals surface area (Å²) >= 11 is 0. The average molecular weight is 229 g/mol. The monoisotopic (exact) mass is 229 g/mol. The predicted octanol–water partition coefficient (Wildman–Crippen LogP) is 1.57. The molecule has 6 heteroatoms. The molecule has 17 heavy (non-hydrogen) atoms. The van der Waals surface area contributed by atoms with Gasteiger partial charge < -0.3 is 9.84 Å². The standard InChI is InChI=1S/C11H11N5O/c1-7-3-4-13-11(9(7)5-12)14-6-10-15-8(2)16-17-10/h3-4H,6H2,1-2H3,(H,13,14). The van der Waals surface area contributed by atoms with Gasteiger partial charge in [-0.1, -0.05) is 5.16 Å². The van der Waals surface area contributed by atoms with Crippen LogP contribution in [0, 0.1) is 25.2 Å². The average Bonchev–Trinajstić information content (AvgIpc) is 2.72. The number of anilines is 1. The Balaban J connectivity index is 2.14. The largest absolute Gasteiger partial charge is 0.360 e. The van der Waals surface area contributed by atoms with E-state index in [-0.39, 0.29) is 0 Å². The minimum atomic E-state index is 0.353. The van der Waals surface area contributed by atoms with E-state index in [2.05, 4.69) is 26.5 Å². The van der Waals surface area contributed by atoms with E-state index >= 15 is 0 Å². The summed E-state index contributed by atoms with van der Waals surface area (Å²) in [7, 11) is 0. The molecule has 0 aromatic carbocycles. The van der Waals surface area contributed by atoms with E-state index in [0.29, 0.717) is 29.6 Å². The van der Waals surface area contributed by atoms with Crippen LogP contribution in [-0.4, -0.2) is 15.1 Å². The van der Waals surface area contributed by atoms with Crippen molar-refractivity contribution in [2.75, 3.05) is 5.32 Å². The quantitative estimate of drug-likeness (QED) is 0.859. The smallest absolute Gasteiger partial charge is 0.245 e. The molecule has 0 spiro atoms. The Morgan fingerprint density at radius 1 is 1.47 bits per heavy atom. The first kappa shape index (κ1) is 11.1. The summed E-state index contributed by atoms with van der Waals surface area (Å²) < 4.78 is 4.96. The molecule has 0 radical (unpaired) electrons. The first-order valence-electron chi connectivity index (χ1n) is 5.09. The summed E-state index contributed by atoms with van der Waals surface area (Å²) in [5.41, 5.74) is 1.41. The molecule has 2 heterocycles. The molecular formula is C11H11N5O. The van der Waals surface area contributed by atoms with E-state index in [1.165, 1.54) is 0 Å². The minimum Gasteiger partial charge on any atom is -0.360 e. The lowest BCUT2D eigenvalue weighted by Crippen LogP contribution is -2.04. The van der Waals surface area contributed by atoms with Crippen molar-refractivity contribution < 1.29 is 4.52 Å². The van der Waals surface area contributed by atoms with Crippen molar-refractivity contribution in [1.29, 1.82) is 5.26 Å². The lowest BCUT2D eigenvalue weighted by molar-refractivity contribution is 0.379. The van der Waals surface area contributed by atoms with E-state index in [1.54, 1.807) is 19.2 Å². The Morgan fingerprint density at radius 3 is 2.94 bits per heavy atom. The van der Waals surface area contributed by atoms with Crippen molar-refractivity contribution in [3.05, 3.63) is 35.1 Å². The molecule has 0 bridgehead atoms. The van der Waals surface area contributed by atoms with E-state index in [0.717, 1.165) is 5.56 Å². The van der Waals surface area contributed by atoms with Crippen LogP contribution < -0.4 is 5.32 Å². The Bertz CT molecular complexity index is 569. The van der Waals surface area contributed by atoms with Crippen LogP contribution in [0.15, 0.2) is 16.8 Å². The van der Waals surface area contributed by atoms with Gasteiger partial charge in [-0.3, -0.25) is 0 Å². The molecular weight excluding hydrogens is 218 g/mol. The summed E-state index contributed by atoms with van der Waals surface area (Å²) in [4.78, 5) is 8.16. The second kappa shape index (κ2) is 4.61. The number of aryl methyl sites for hydroxylation is 2. The maximum Gasteiger partial charge on any atom is 0.245 e. The molecule has 2 rings (SSSR count). The van der Waals surface area contributed by atoms with E-state index in [9.17, 15) is 0 Å². The molecule has 0 saturated carbocycles. The summed E-state index contributed by atoms with van der Waals surface area (Å²) in [6.07, 6.45) is 1.65. The molecule has 2 aromatic heterocycles. The van der Waals surface area contributed by atoms with Crippen molar-refractivity contribution in [3.63, 3.8) is 0 Å². The molecule has 0 aliphatic rings. The van der Waals surface area contributed by atoms with Crippen LogP contribution in [0.2, 0.25) is 0 Å². The Labute approximate surface area is 98.3 Å². The summed E-state index contributed by atoms with van der Waals surface area (Å²) in [5.74, 6) is 1.58. The lowest BCUT2D eigenvalue weighted by atomic mass is 10.1. The number of pyridine rings is 1. The fraction of sp³-hybridized carbons (Fsp3) is 0.273. The SMILES string of the molecule is Cc1noc(CNc2nccc(C)c2C#N)n1.